The minimum absolute atomic E-state index is 0.174. The summed E-state index contributed by atoms with van der Waals surface area (Å²) in [4.78, 5) is 65.1. The predicted octanol–water partition coefficient (Wildman–Crippen LogP) is 13.6. The molecule has 9 aliphatic rings. The smallest absolute Gasteiger partial charge is 0.237 e. The molecule has 5 fully saturated rings. The third-order valence-corrected chi connectivity index (χ3v) is 27.0. The van der Waals surface area contributed by atoms with E-state index in [0.29, 0.717) is 74.7 Å². The number of aliphatic hydroxyl groups excluding tert-OH is 2. The average molecular weight is 1930 g/mol. The summed E-state index contributed by atoms with van der Waals surface area (Å²) in [5.41, 5.74) is 22.1. The van der Waals surface area contributed by atoms with E-state index in [2.05, 4.69) is 158 Å². The largest absolute Gasteiger partial charge is 0.495 e. The van der Waals surface area contributed by atoms with Crippen molar-refractivity contribution in [2.45, 2.75) is 70.0 Å². The Bertz CT molecular complexity index is 6980. The van der Waals surface area contributed by atoms with E-state index in [-0.39, 0.29) is 12.2 Å². The van der Waals surface area contributed by atoms with Gasteiger partial charge in [-0.25, -0.2) is 54.8 Å². The molecule has 38 nitrogen and oxygen atoms in total. The summed E-state index contributed by atoms with van der Waals surface area (Å²) in [6, 6.07) is 41.8. The van der Waals surface area contributed by atoms with Crippen LogP contribution in [0.5, 0.6) is 34.9 Å². The van der Waals surface area contributed by atoms with Crippen molar-refractivity contribution in [1.29, 1.82) is 0 Å². The van der Waals surface area contributed by atoms with Gasteiger partial charge in [-0.2, -0.15) is 0 Å². The van der Waals surface area contributed by atoms with E-state index in [9.17, 15) is 10.2 Å². The average Bonchev–Trinajstić information content (AvgIpc) is 1.38. The van der Waals surface area contributed by atoms with Crippen molar-refractivity contribution >= 4 is 103 Å². The number of fused-ring (bicyclic) bond motifs is 8. The Balaban J connectivity index is 0.000000109. The first-order chi connectivity index (χ1) is 70.2. The van der Waals surface area contributed by atoms with Crippen molar-refractivity contribution < 1.29 is 57.6 Å². The molecule has 11 aromatic heterocycles. The van der Waals surface area contributed by atoms with Crippen LogP contribution in [0.2, 0.25) is 0 Å². The lowest BCUT2D eigenvalue weighted by Gasteiger charge is -2.43. The number of pyridine rings is 3. The fraction of sp³-hybridized carbons (Fsp3) is 0.343. The lowest BCUT2D eigenvalue weighted by Crippen LogP contribution is -2.56. The highest BCUT2D eigenvalue weighted by Crippen LogP contribution is 2.42. The SMILES string of the molecule is CC(O)C1CN(c2ccc(Nc3nc(-c4cnc5c(c4)CCCO5)cn4ccnc34)cc2)CCO1.COc1cc(Nc2nc(-c3ccc4c(c3)OCCN4)cn3ccnc23)ccc1N1CCN(C2COC2)CC1.COc1cc(Nc2nc(-c3cnc4c(c3)N(C)CCO4)cn3ccnc23)ccc1N1CCOCC1.C[C@H](O)[C@H]1CN(c2ccc(Nc3nc(-c4cnc5c(c4)CCCO5)cn4ccnc34)cc2)CCO1. The molecule has 25 rings (SSSR count). The van der Waals surface area contributed by atoms with Crippen molar-refractivity contribution in [2.75, 3.05) is 217 Å². The summed E-state index contributed by atoms with van der Waals surface area (Å²) in [7, 11) is 5.46. The first-order valence-corrected chi connectivity index (χ1v) is 48.8. The molecule has 0 bridgehead atoms. The topological polar surface area (TPSA) is 372 Å². The van der Waals surface area contributed by atoms with Crippen LogP contribution >= 0.6 is 0 Å². The van der Waals surface area contributed by atoms with Crippen LogP contribution in [0, 0.1) is 0 Å². The van der Waals surface area contributed by atoms with E-state index in [1.54, 1.807) is 59.1 Å². The number of hydrogen-bond acceptors (Lipinski definition) is 34. The Morgan fingerprint density at radius 1 is 0.399 bits per heavy atom. The minimum Gasteiger partial charge on any atom is -0.495 e. The zero-order chi connectivity index (χ0) is 96.8. The Morgan fingerprint density at radius 2 is 0.832 bits per heavy atom. The number of imidazole rings is 4. The molecule has 38 heteroatoms. The predicted molar refractivity (Wildman–Crippen MR) is 548 cm³/mol. The van der Waals surface area contributed by atoms with E-state index < -0.39 is 12.2 Å². The van der Waals surface area contributed by atoms with Crippen LogP contribution < -0.4 is 79.5 Å². The highest BCUT2D eigenvalue weighted by molar-refractivity contribution is 5.82. The van der Waals surface area contributed by atoms with Crippen molar-refractivity contribution in [3.8, 4) is 79.9 Å². The molecule has 143 heavy (non-hydrogen) atoms. The molecule has 2 unspecified atom stereocenters. The van der Waals surface area contributed by atoms with E-state index in [4.69, 9.17) is 67.3 Å². The molecule has 5 aromatic carbocycles. The molecule has 9 aliphatic heterocycles. The molecular weight excluding hydrogens is 1820 g/mol. The maximum atomic E-state index is 9.90. The second kappa shape index (κ2) is 41.8. The van der Waals surface area contributed by atoms with Crippen LogP contribution in [0.3, 0.4) is 0 Å². The number of aromatic nitrogens is 15. The van der Waals surface area contributed by atoms with Gasteiger partial charge in [0.05, 0.1) is 132 Å². The first kappa shape index (κ1) is 92.6. The molecule has 20 heterocycles. The molecule has 4 atom stereocenters. The Kier molecular flexibility index (Phi) is 27.0. The summed E-state index contributed by atoms with van der Waals surface area (Å²) in [5.74, 6) is 7.26. The number of piperazine rings is 1. The highest BCUT2D eigenvalue weighted by Gasteiger charge is 2.33. The fourth-order valence-electron chi connectivity index (χ4n) is 19.1. The molecule has 0 radical (unpaired) electrons. The molecule has 0 saturated carbocycles. The summed E-state index contributed by atoms with van der Waals surface area (Å²) in [6.45, 7) is 20.9. The molecule has 0 spiro atoms. The number of aliphatic hydroxyl groups is 2. The van der Waals surface area contributed by atoms with Gasteiger partial charge in [-0.15, -0.1) is 0 Å². The monoisotopic (exact) mass is 1930 g/mol. The molecule has 0 aliphatic carbocycles. The van der Waals surface area contributed by atoms with Gasteiger partial charge in [0.1, 0.15) is 48.4 Å². The summed E-state index contributed by atoms with van der Waals surface area (Å²) in [5, 5.41) is 37.0. The maximum absolute atomic E-state index is 9.90. The lowest BCUT2D eigenvalue weighted by molar-refractivity contribution is -0.0660. The standard InChI is InChI=1S/C28H31N7O3.2C26H28N6O3.C25H27N7O3/c1-36-26-15-20(3-5-24(26)34-11-9-33(10-12-34)21-17-37-18-21)31-27-28-30-6-8-35(28)16-23(32-27)19-2-4-22-25(14-19)38-13-7-29-22;2*1-17(33)23-16-31(10-12-34-23)21-6-4-20(5-7-21)29-24-25-27-8-9-32(25)15-22(30-24)19-13-18-3-2-11-35-26(18)28-14-19;1-30-7-12-35-25-21(30)13-17(15-27-25)19-16-32-6-5-26-24(32)23(29-19)28-18-3-4-20(22(14-18)33-2)31-8-10-34-11-9-31/h2-6,8,14-16,21,29H,7,9-13,17-18H2,1H3,(H,31,32);2*4-9,13-15,17,23,33H,2-3,10-12,16H2,1H3,(H,29,30);3-6,13-16H,7-12H2,1-2H3,(H,28,29)/t;17-,23+;;/m.0../s1. The number of hydrogen-bond donors (Lipinski definition) is 7. The zero-order valence-electron chi connectivity index (χ0n) is 80.3. The minimum atomic E-state index is -0.494. The van der Waals surface area contributed by atoms with Crippen LogP contribution in [0.1, 0.15) is 37.8 Å². The Morgan fingerprint density at radius 3 is 1.29 bits per heavy atom. The normalized spacial score (nSPS) is 17.7. The number of rotatable bonds is 21. The zero-order valence-corrected chi connectivity index (χ0v) is 80.3. The molecule has 7 N–H and O–H groups in total. The van der Waals surface area contributed by atoms with Crippen LogP contribution in [0.15, 0.2) is 214 Å². The maximum Gasteiger partial charge on any atom is 0.237 e. The molecule has 5 saturated heterocycles. The summed E-state index contributed by atoms with van der Waals surface area (Å²) >= 11 is 0. The summed E-state index contributed by atoms with van der Waals surface area (Å²) in [6.07, 6.45) is 30.7. The molecule has 0 amide bonds. The Hall–Kier alpha value is -15.5. The number of aryl methyl sites for hydroxylation is 2. The number of nitrogens with zero attached hydrogens (tertiary/aromatic N) is 21. The third kappa shape index (κ3) is 20.5. The molecule has 16 aromatic rings. The highest BCUT2D eigenvalue weighted by atomic mass is 16.5. The number of nitrogens with one attached hydrogen (secondary N) is 5. The molecular formula is C105H114N26O12. The van der Waals surface area contributed by atoms with E-state index in [1.807, 2.05) is 141 Å². The summed E-state index contributed by atoms with van der Waals surface area (Å²) < 4.78 is 64.5. The Labute approximate surface area is 825 Å². The van der Waals surface area contributed by atoms with Crippen molar-refractivity contribution in [3.05, 3.63) is 225 Å². The van der Waals surface area contributed by atoms with Crippen LogP contribution in [-0.2, 0) is 31.8 Å². The van der Waals surface area contributed by atoms with Crippen LogP contribution in [-0.4, -0.2) is 284 Å². The van der Waals surface area contributed by atoms with Crippen molar-refractivity contribution in [1.82, 2.24) is 77.3 Å². The second-order valence-corrected chi connectivity index (χ2v) is 36.5. The van der Waals surface area contributed by atoms with Crippen LogP contribution in [0.4, 0.5) is 80.1 Å². The third-order valence-electron chi connectivity index (χ3n) is 27.0. The van der Waals surface area contributed by atoms with Gasteiger partial charge in [-0.1, -0.05) is 6.07 Å². The number of anilines is 14. The van der Waals surface area contributed by atoms with Gasteiger partial charge in [0.2, 0.25) is 17.6 Å². The van der Waals surface area contributed by atoms with Crippen molar-refractivity contribution in [3.63, 3.8) is 0 Å². The van der Waals surface area contributed by atoms with E-state index in [1.165, 1.54) is 0 Å². The van der Waals surface area contributed by atoms with Gasteiger partial charge >= 0.3 is 0 Å². The second-order valence-electron chi connectivity index (χ2n) is 36.5. The molecule has 736 valence electrons. The number of benzene rings is 5. The first-order valence-electron chi connectivity index (χ1n) is 48.8. The van der Waals surface area contributed by atoms with Crippen LogP contribution in [0.25, 0.3) is 67.6 Å². The van der Waals surface area contributed by atoms with Gasteiger partial charge in [0.25, 0.3) is 0 Å². The van der Waals surface area contributed by atoms with E-state index >= 15 is 0 Å². The van der Waals surface area contributed by atoms with Gasteiger partial charge < -0.3 is 126 Å². The fourth-order valence-corrected chi connectivity index (χ4v) is 19.1. The van der Waals surface area contributed by atoms with Gasteiger partial charge in [-0.3, -0.25) is 4.90 Å². The number of morpholine rings is 3. The van der Waals surface area contributed by atoms with E-state index in [0.717, 1.165) is 295 Å². The van der Waals surface area contributed by atoms with Gasteiger partial charge in [0.15, 0.2) is 45.9 Å². The van der Waals surface area contributed by atoms with Gasteiger partial charge in [0, 0.05) is 252 Å². The number of ether oxygens (including phenoxy) is 10. The van der Waals surface area contributed by atoms with Crippen molar-refractivity contribution in [2.24, 2.45) is 0 Å². The van der Waals surface area contributed by atoms with Gasteiger partial charge in [-0.05, 0) is 143 Å². The quantitative estimate of drug-likeness (QED) is 0.0351. The number of likely N-dealkylation sites (N-methyl/N-ethyl adjacent to an activating group) is 1. The number of methoxy groups -OCH3 is 2. The lowest BCUT2D eigenvalue weighted by atomic mass is 10.1.